The minimum Gasteiger partial charge on any atom is -0.380 e. The van der Waals surface area contributed by atoms with E-state index in [0.717, 1.165) is 38.7 Å². The fraction of sp³-hybridized carbons (Fsp3) is 0.476. The zero-order chi connectivity index (χ0) is 21.1. The van der Waals surface area contributed by atoms with E-state index in [4.69, 9.17) is 9.72 Å². The lowest BCUT2D eigenvalue weighted by Crippen LogP contribution is -2.47. The summed E-state index contributed by atoms with van der Waals surface area (Å²) in [5.74, 6) is 0.718. The Morgan fingerprint density at radius 2 is 1.83 bits per heavy atom. The van der Waals surface area contributed by atoms with Crippen molar-refractivity contribution < 1.29 is 4.74 Å². The van der Waals surface area contributed by atoms with Gasteiger partial charge in [0.1, 0.15) is 0 Å². The van der Waals surface area contributed by atoms with Gasteiger partial charge in [0.2, 0.25) is 5.95 Å². The van der Waals surface area contributed by atoms with E-state index in [9.17, 15) is 9.59 Å². The SMILES string of the molecule is CCOCCn1c(N2CCN(Cc3ccccc3)CC2)nc2c1c(=O)[nH]c(=O)n2C. The number of hydrogen-bond donors (Lipinski definition) is 1. The molecule has 0 unspecified atom stereocenters. The molecule has 9 heteroatoms. The number of aryl methyl sites for hydroxylation is 1. The van der Waals surface area contributed by atoms with Gasteiger partial charge in [-0.25, -0.2) is 4.79 Å². The van der Waals surface area contributed by atoms with Crippen molar-refractivity contribution in [2.75, 3.05) is 44.3 Å². The van der Waals surface area contributed by atoms with E-state index in [2.05, 4.69) is 39.0 Å². The minimum absolute atomic E-state index is 0.405. The third-order valence-corrected chi connectivity index (χ3v) is 5.55. The largest absolute Gasteiger partial charge is 0.380 e. The molecule has 0 radical (unpaired) electrons. The summed E-state index contributed by atoms with van der Waals surface area (Å²) in [7, 11) is 1.63. The molecule has 30 heavy (non-hydrogen) atoms. The average molecular weight is 412 g/mol. The molecule has 2 aromatic heterocycles. The first kappa shape index (κ1) is 20.4. The van der Waals surface area contributed by atoms with Crippen molar-refractivity contribution >= 4 is 17.1 Å². The first-order chi connectivity index (χ1) is 14.6. The van der Waals surface area contributed by atoms with Gasteiger partial charge in [-0.1, -0.05) is 30.3 Å². The summed E-state index contributed by atoms with van der Waals surface area (Å²) in [6, 6.07) is 10.4. The van der Waals surface area contributed by atoms with Gasteiger partial charge in [-0.2, -0.15) is 4.98 Å². The molecular formula is C21H28N6O3. The second-order valence-corrected chi connectivity index (χ2v) is 7.50. The van der Waals surface area contributed by atoms with Gasteiger partial charge in [0.25, 0.3) is 5.56 Å². The Kier molecular flexibility index (Phi) is 6.01. The van der Waals surface area contributed by atoms with Crippen molar-refractivity contribution in [1.29, 1.82) is 0 Å². The van der Waals surface area contributed by atoms with E-state index in [1.807, 2.05) is 17.6 Å². The molecule has 1 aromatic carbocycles. The summed E-state index contributed by atoms with van der Waals surface area (Å²) in [6.45, 7) is 7.86. The highest BCUT2D eigenvalue weighted by molar-refractivity contribution is 5.74. The van der Waals surface area contributed by atoms with Crippen LogP contribution in [0.25, 0.3) is 11.2 Å². The van der Waals surface area contributed by atoms with E-state index >= 15 is 0 Å². The van der Waals surface area contributed by atoms with Crippen LogP contribution in [0.3, 0.4) is 0 Å². The molecular weight excluding hydrogens is 384 g/mol. The molecule has 1 fully saturated rings. The number of aromatic amines is 1. The molecule has 0 saturated carbocycles. The molecule has 3 aromatic rings. The lowest BCUT2D eigenvalue weighted by molar-refractivity contribution is 0.140. The number of nitrogens with zero attached hydrogens (tertiary/aromatic N) is 5. The maximum Gasteiger partial charge on any atom is 0.329 e. The topological polar surface area (TPSA) is 88.4 Å². The van der Waals surface area contributed by atoms with E-state index < -0.39 is 11.2 Å². The molecule has 0 atom stereocenters. The monoisotopic (exact) mass is 412 g/mol. The molecule has 0 aliphatic carbocycles. The number of ether oxygens (including phenoxy) is 1. The van der Waals surface area contributed by atoms with Crippen LogP contribution in [0.2, 0.25) is 0 Å². The predicted molar refractivity (Wildman–Crippen MR) is 116 cm³/mol. The van der Waals surface area contributed by atoms with Crippen LogP contribution in [0.5, 0.6) is 0 Å². The van der Waals surface area contributed by atoms with Crippen LogP contribution < -0.4 is 16.1 Å². The molecule has 160 valence electrons. The van der Waals surface area contributed by atoms with Gasteiger partial charge >= 0.3 is 5.69 Å². The number of anilines is 1. The maximum atomic E-state index is 12.6. The quantitative estimate of drug-likeness (QED) is 0.577. The second kappa shape index (κ2) is 8.85. The van der Waals surface area contributed by atoms with Crippen LogP contribution in [0, 0.1) is 0 Å². The molecule has 3 heterocycles. The van der Waals surface area contributed by atoms with Crippen molar-refractivity contribution in [1.82, 2.24) is 24.0 Å². The number of piperazine rings is 1. The number of hydrogen-bond acceptors (Lipinski definition) is 6. The summed E-state index contributed by atoms with van der Waals surface area (Å²) in [5.41, 5.74) is 1.25. The molecule has 0 bridgehead atoms. The van der Waals surface area contributed by atoms with Gasteiger partial charge in [0, 0.05) is 52.9 Å². The Labute approximate surface area is 174 Å². The van der Waals surface area contributed by atoms with Gasteiger partial charge in [0.05, 0.1) is 6.61 Å². The molecule has 1 aliphatic rings. The summed E-state index contributed by atoms with van der Waals surface area (Å²) in [4.78, 5) is 36.3. The van der Waals surface area contributed by atoms with Gasteiger partial charge in [0.15, 0.2) is 11.2 Å². The van der Waals surface area contributed by atoms with Crippen molar-refractivity contribution in [2.45, 2.75) is 20.0 Å². The van der Waals surface area contributed by atoms with E-state index in [-0.39, 0.29) is 0 Å². The Morgan fingerprint density at radius 1 is 1.10 bits per heavy atom. The lowest BCUT2D eigenvalue weighted by atomic mass is 10.2. The summed E-state index contributed by atoms with van der Waals surface area (Å²) in [6.07, 6.45) is 0. The highest BCUT2D eigenvalue weighted by Crippen LogP contribution is 2.21. The summed E-state index contributed by atoms with van der Waals surface area (Å²) < 4.78 is 8.80. The number of nitrogens with one attached hydrogen (secondary N) is 1. The standard InChI is InChI=1S/C21H28N6O3/c1-3-30-14-13-27-17-18(24(2)21(29)23-19(17)28)22-20(27)26-11-9-25(10-12-26)15-16-7-5-4-6-8-16/h4-8H,3,9-15H2,1-2H3,(H,23,28,29). The lowest BCUT2D eigenvalue weighted by Gasteiger charge is -2.35. The third-order valence-electron chi connectivity index (χ3n) is 5.55. The third kappa shape index (κ3) is 4.03. The first-order valence-electron chi connectivity index (χ1n) is 10.4. The van der Waals surface area contributed by atoms with Crippen molar-refractivity contribution in [3.05, 3.63) is 56.7 Å². The summed E-state index contributed by atoms with van der Waals surface area (Å²) >= 11 is 0. The molecule has 1 aliphatic heterocycles. The van der Waals surface area contributed by atoms with Crippen LogP contribution in [0.4, 0.5) is 5.95 Å². The van der Waals surface area contributed by atoms with Gasteiger partial charge < -0.3 is 14.2 Å². The molecule has 0 spiro atoms. The van der Waals surface area contributed by atoms with Gasteiger partial charge in [-0.05, 0) is 12.5 Å². The fourth-order valence-corrected chi connectivity index (χ4v) is 3.92. The highest BCUT2D eigenvalue weighted by Gasteiger charge is 2.24. The van der Waals surface area contributed by atoms with Crippen molar-refractivity contribution in [3.8, 4) is 0 Å². The zero-order valence-electron chi connectivity index (χ0n) is 17.5. The Balaban J connectivity index is 1.59. The number of fused-ring (bicyclic) bond motifs is 1. The molecule has 9 nitrogen and oxygen atoms in total. The number of benzene rings is 1. The van der Waals surface area contributed by atoms with E-state index in [1.165, 1.54) is 10.1 Å². The van der Waals surface area contributed by atoms with E-state index in [0.29, 0.717) is 30.9 Å². The predicted octanol–water partition coefficient (Wildman–Crippen LogP) is 0.782. The van der Waals surface area contributed by atoms with Crippen LogP contribution in [0.1, 0.15) is 12.5 Å². The van der Waals surface area contributed by atoms with E-state index in [1.54, 1.807) is 7.05 Å². The smallest absolute Gasteiger partial charge is 0.329 e. The van der Waals surface area contributed by atoms with Crippen LogP contribution >= 0.6 is 0 Å². The van der Waals surface area contributed by atoms with Crippen molar-refractivity contribution in [3.63, 3.8) is 0 Å². The van der Waals surface area contributed by atoms with Crippen LogP contribution in [-0.4, -0.2) is 63.4 Å². The highest BCUT2D eigenvalue weighted by atomic mass is 16.5. The van der Waals surface area contributed by atoms with Crippen LogP contribution in [0.15, 0.2) is 39.9 Å². The van der Waals surface area contributed by atoms with Gasteiger partial charge in [-0.3, -0.25) is 19.2 Å². The maximum absolute atomic E-state index is 12.6. The normalized spacial score (nSPS) is 15.2. The minimum atomic E-state index is -0.457. The number of aromatic nitrogens is 4. The molecule has 4 rings (SSSR count). The van der Waals surface area contributed by atoms with Gasteiger partial charge in [-0.15, -0.1) is 0 Å². The zero-order valence-corrected chi connectivity index (χ0v) is 17.5. The second-order valence-electron chi connectivity index (χ2n) is 7.50. The van der Waals surface area contributed by atoms with Crippen LogP contribution in [-0.2, 0) is 24.9 Å². The fourth-order valence-electron chi connectivity index (χ4n) is 3.92. The van der Waals surface area contributed by atoms with Crippen molar-refractivity contribution in [2.24, 2.45) is 7.05 Å². The Morgan fingerprint density at radius 3 is 2.53 bits per heavy atom. The molecule has 1 saturated heterocycles. The number of rotatable bonds is 7. The molecule has 0 amide bonds. The Hall–Kier alpha value is -2.91. The number of imidazole rings is 1. The summed E-state index contributed by atoms with van der Waals surface area (Å²) in [5, 5.41) is 0. The number of H-pyrrole nitrogens is 1. The first-order valence-corrected chi connectivity index (χ1v) is 10.4. The average Bonchev–Trinajstić information content (AvgIpc) is 3.14. The molecule has 1 N–H and O–H groups in total. The Bertz CT molecular complexity index is 1110.